The van der Waals surface area contributed by atoms with Crippen molar-refractivity contribution in [2.45, 2.75) is 6.42 Å². The van der Waals surface area contributed by atoms with Gasteiger partial charge < -0.3 is 9.84 Å². The van der Waals surface area contributed by atoms with E-state index in [2.05, 4.69) is 10.5 Å². The normalized spacial score (nSPS) is 10.9. The highest BCUT2D eigenvalue weighted by molar-refractivity contribution is 6.36. The van der Waals surface area contributed by atoms with E-state index >= 15 is 0 Å². The number of para-hydroxylation sites is 1. The van der Waals surface area contributed by atoms with Gasteiger partial charge in [0.1, 0.15) is 11.5 Å². The van der Waals surface area contributed by atoms with Crippen molar-refractivity contribution < 1.29 is 24.4 Å². The molecule has 0 spiro atoms. The molecule has 0 aliphatic heterocycles. The second-order valence-electron chi connectivity index (χ2n) is 5.10. The molecule has 9 nitrogen and oxygen atoms in total. The summed E-state index contributed by atoms with van der Waals surface area (Å²) in [4.78, 5) is 33.8. The fourth-order valence-corrected chi connectivity index (χ4v) is 2.11. The van der Waals surface area contributed by atoms with Crippen molar-refractivity contribution in [2.75, 3.05) is 7.11 Å². The quantitative estimate of drug-likeness (QED) is 0.443. The van der Waals surface area contributed by atoms with Crippen LogP contribution in [-0.4, -0.2) is 34.7 Å². The van der Waals surface area contributed by atoms with Gasteiger partial charge in [-0.05, 0) is 24.3 Å². The standard InChI is InChI=1S/C17H15N3O6/c1-26-13-8-6-11(7-9-13)16(21)19-18-14(17(22)23)10-12-4-2-3-5-15(12)20(24)25/h2-9H,10H2,1H3,(H,19,21)(H,22,23)/b18-14+. The average molecular weight is 357 g/mol. The van der Waals surface area contributed by atoms with Crippen LogP contribution < -0.4 is 10.2 Å². The Labute approximate surface area is 148 Å². The first-order valence-electron chi connectivity index (χ1n) is 7.39. The average Bonchev–Trinajstić information content (AvgIpc) is 2.64. The van der Waals surface area contributed by atoms with Crippen molar-refractivity contribution in [1.82, 2.24) is 5.43 Å². The zero-order valence-corrected chi connectivity index (χ0v) is 13.7. The highest BCUT2D eigenvalue weighted by atomic mass is 16.6. The first-order valence-corrected chi connectivity index (χ1v) is 7.39. The predicted molar refractivity (Wildman–Crippen MR) is 92.3 cm³/mol. The highest BCUT2D eigenvalue weighted by Crippen LogP contribution is 2.18. The Kier molecular flexibility index (Phi) is 5.99. The third-order valence-electron chi connectivity index (χ3n) is 3.44. The number of amides is 1. The highest BCUT2D eigenvalue weighted by Gasteiger charge is 2.19. The molecule has 2 aromatic carbocycles. The number of carbonyl (C=O) groups is 2. The lowest BCUT2D eigenvalue weighted by Gasteiger charge is -2.05. The number of hydrazone groups is 1. The van der Waals surface area contributed by atoms with Crippen molar-refractivity contribution in [2.24, 2.45) is 5.10 Å². The van der Waals surface area contributed by atoms with E-state index < -0.39 is 22.5 Å². The molecule has 0 unspecified atom stereocenters. The van der Waals surface area contributed by atoms with Gasteiger partial charge >= 0.3 is 5.97 Å². The molecule has 0 saturated heterocycles. The number of benzene rings is 2. The number of rotatable bonds is 7. The molecule has 1 amide bonds. The number of aliphatic carboxylic acids is 1. The number of hydrogen-bond acceptors (Lipinski definition) is 6. The van der Waals surface area contributed by atoms with Gasteiger partial charge in [-0.2, -0.15) is 5.10 Å². The number of methoxy groups -OCH3 is 1. The number of carbonyl (C=O) groups excluding carboxylic acids is 1. The Balaban J connectivity index is 2.17. The Morgan fingerprint density at radius 1 is 1.19 bits per heavy atom. The fraction of sp³-hybridized carbons (Fsp3) is 0.118. The van der Waals surface area contributed by atoms with Gasteiger partial charge in [-0.3, -0.25) is 14.9 Å². The summed E-state index contributed by atoms with van der Waals surface area (Å²) in [7, 11) is 1.49. The lowest BCUT2D eigenvalue weighted by atomic mass is 10.1. The lowest BCUT2D eigenvalue weighted by Crippen LogP contribution is -2.25. The molecule has 134 valence electrons. The summed E-state index contributed by atoms with van der Waals surface area (Å²) in [6, 6.07) is 11.9. The third kappa shape index (κ3) is 4.63. The van der Waals surface area contributed by atoms with Crippen molar-refractivity contribution >= 4 is 23.3 Å². The van der Waals surface area contributed by atoms with E-state index in [-0.39, 0.29) is 23.2 Å². The largest absolute Gasteiger partial charge is 0.497 e. The SMILES string of the molecule is COc1ccc(C(=O)N/N=C(\Cc2ccccc2[N+](=O)[O-])C(=O)O)cc1. The Hall–Kier alpha value is -3.75. The van der Waals surface area contributed by atoms with E-state index in [0.717, 1.165) is 0 Å². The van der Waals surface area contributed by atoms with Gasteiger partial charge in [0.2, 0.25) is 0 Å². The number of nitrogens with zero attached hydrogens (tertiary/aromatic N) is 2. The maximum absolute atomic E-state index is 12.0. The van der Waals surface area contributed by atoms with Crippen molar-refractivity contribution in [3.8, 4) is 5.75 Å². The second kappa shape index (κ2) is 8.38. The monoisotopic (exact) mass is 357 g/mol. The van der Waals surface area contributed by atoms with Gasteiger partial charge in [-0.25, -0.2) is 10.2 Å². The first-order chi connectivity index (χ1) is 12.4. The summed E-state index contributed by atoms with van der Waals surface area (Å²) >= 11 is 0. The molecule has 2 rings (SSSR count). The number of carboxylic acids is 1. The van der Waals surface area contributed by atoms with Crippen molar-refractivity contribution in [3.63, 3.8) is 0 Å². The zero-order valence-electron chi connectivity index (χ0n) is 13.7. The predicted octanol–water partition coefficient (Wildman–Crippen LogP) is 2.02. The van der Waals surface area contributed by atoms with Gasteiger partial charge in [0, 0.05) is 23.6 Å². The zero-order chi connectivity index (χ0) is 19.1. The molecule has 0 atom stereocenters. The van der Waals surface area contributed by atoms with E-state index in [1.54, 1.807) is 18.2 Å². The molecule has 0 saturated carbocycles. The molecule has 26 heavy (non-hydrogen) atoms. The maximum atomic E-state index is 12.0. The van der Waals surface area contributed by atoms with Crippen molar-refractivity contribution in [3.05, 3.63) is 69.8 Å². The van der Waals surface area contributed by atoms with Gasteiger partial charge in [0.25, 0.3) is 11.6 Å². The van der Waals surface area contributed by atoms with Crippen LogP contribution in [0.3, 0.4) is 0 Å². The van der Waals surface area contributed by atoms with Gasteiger partial charge in [0.15, 0.2) is 0 Å². The smallest absolute Gasteiger partial charge is 0.352 e. The van der Waals surface area contributed by atoms with Crippen LogP contribution in [0.5, 0.6) is 5.75 Å². The van der Waals surface area contributed by atoms with Crippen LogP contribution in [0, 0.1) is 10.1 Å². The van der Waals surface area contributed by atoms with Crippen LogP contribution in [0.4, 0.5) is 5.69 Å². The van der Waals surface area contributed by atoms with E-state index in [1.165, 1.54) is 37.4 Å². The van der Waals surface area contributed by atoms with Crippen LogP contribution in [0.25, 0.3) is 0 Å². The number of carboxylic acid groups (broad SMARTS) is 1. The lowest BCUT2D eigenvalue weighted by molar-refractivity contribution is -0.385. The summed E-state index contributed by atoms with van der Waals surface area (Å²) in [6.07, 6.45) is -0.310. The molecule has 0 aromatic heterocycles. The fourth-order valence-electron chi connectivity index (χ4n) is 2.11. The minimum Gasteiger partial charge on any atom is -0.497 e. The number of nitrogens with one attached hydrogen (secondary N) is 1. The minimum absolute atomic E-state index is 0.178. The van der Waals surface area contributed by atoms with Gasteiger partial charge in [0.05, 0.1) is 12.0 Å². The first kappa shape index (κ1) is 18.6. The molecule has 0 fully saturated rings. The molecule has 0 bridgehead atoms. The van der Waals surface area contributed by atoms with E-state index in [0.29, 0.717) is 5.75 Å². The molecule has 0 aliphatic rings. The summed E-state index contributed by atoms with van der Waals surface area (Å²) in [5.74, 6) is -1.44. The molecular formula is C17H15N3O6. The Morgan fingerprint density at radius 3 is 2.42 bits per heavy atom. The summed E-state index contributed by atoms with van der Waals surface area (Å²) in [5.41, 5.74) is 1.93. The van der Waals surface area contributed by atoms with E-state index in [4.69, 9.17) is 4.74 Å². The topological polar surface area (TPSA) is 131 Å². The van der Waals surface area contributed by atoms with Crippen LogP contribution in [0.2, 0.25) is 0 Å². The number of nitro benzene ring substituents is 1. The van der Waals surface area contributed by atoms with Crippen molar-refractivity contribution in [1.29, 1.82) is 0 Å². The van der Waals surface area contributed by atoms with Crippen LogP contribution >= 0.6 is 0 Å². The summed E-state index contributed by atoms with van der Waals surface area (Å²) < 4.78 is 4.98. The molecule has 0 heterocycles. The van der Waals surface area contributed by atoms with Crippen LogP contribution in [-0.2, 0) is 11.2 Å². The number of ether oxygens (including phenoxy) is 1. The Bertz CT molecular complexity index is 861. The van der Waals surface area contributed by atoms with Crippen LogP contribution in [0.15, 0.2) is 53.6 Å². The molecular weight excluding hydrogens is 342 g/mol. The molecule has 2 N–H and O–H groups in total. The van der Waals surface area contributed by atoms with E-state index in [9.17, 15) is 24.8 Å². The molecule has 2 aromatic rings. The molecule has 9 heteroatoms. The van der Waals surface area contributed by atoms with Gasteiger partial charge in [-0.1, -0.05) is 18.2 Å². The second-order valence-corrected chi connectivity index (χ2v) is 5.10. The van der Waals surface area contributed by atoms with Gasteiger partial charge in [-0.15, -0.1) is 0 Å². The number of hydrogen-bond donors (Lipinski definition) is 2. The van der Waals surface area contributed by atoms with Crippen LogP contribution in [0.1, 0.15) is 15.9 Å². The maximum Gasteiger partial charge on any atom is 0.352 e. The van der Waals surface area contributed by atoms with E-state index in [1.807, 2.05) is 0 Å². The number of nitro groups is 1. The summed E-state index contributed by atoms with van der Waals surface area (Å²) in [5, 5.41) is 23.9. The summed E-state index contributed by atoms with van der Waals surface area (Å²) in [6.45, 7) is 0. The molecule has 0 radical (unpaired) electrons. The minimum atomic E-state index is -1.39. The third-order valence-corrected chi connectivity index (χ3v) is 3.44. The molecule has 0 aliphatic carbocycles. The Morgan fingerprint density at radius 2 is 1.85 bits per heavy atom.